The van der Waals surface area contributed by atoms with E-state index in [2.05, 4.69) is 25.7 Å². The zero-order valence-electron chi connectivity index (χ0n) is 10.3. The van der Waals surface area contributed by atoms with Crippen molar-refractivity contribution >= 4 is 32.8 Å². The third kappa shape index (κ3) is 2.92. The van der Waals surface area contributed by atoms with Gasteiger partial charge in [-0.25, -0.2) is 9.78 Å². The van der Waals surface area contributed by atoms with Crippen LogP contribution in [-0.4, -0.2) is 17.6 Å². The van der Waals surface area contributed by atoms with Crippen molar-refractivity contribution in [3.8, 4) is 0 Å². The number of hydrogen-bond acceptors (Lipinski definition) is 3. The smallest absolute Gasteiger partial charge is 0.434 e. The Bertz CT molecular complexity index is 670. The largest absolute Gasteiger partial charge is 0.462 e. The Kier molecular flexibility index (Phi) is 3.99. The van der Waals surface area contributed by atoms with Crippen LogP contribution < -0.4 is 0 Å². The number of rotatable bonds is 2. The Balaban J connectivity index is 2.70. The highest BCUT2D eigenvalue weighted by atomic mass is 79.9. The van der Waals surface area contributed by atoms with Gasteiger partial charge in [0.2, 0.25) is 0 Å². The van der Waals surface area contributed by atoms with Crippen molar-refractivity contribution in [1.82, 2.24) is 4.98 Å². The number of nitrogens with zero attached hydrogens (tertiary/aromatic N) is 1. The number of fused-ring (bicyclic) bond motifs is 1. The van der Waals surface area contributed by atoms with E-state index in [0.29, 0.717) is 9.86 Å². The number of pyridine rings is 1. The van der Waals surface area contributed by atoms with Gasteiger partial charge in [0.1, 0.15) is 0 Å². The van der Waals surface area contributed by atoms with Gasteiger partial charge in [0.05, 0.1) is 17.7 Å². The standard InChI is InChI=1S/C13H9BrF3NO2/c1-2-20-12(19)9-6-7-5-8(14)3-4-10(7)18-11(9)13(15,16)17/h3-6H,2H2,1H3. The molecular weight excluding hydrogens is 339 g/mol. The minimum Gasteiger partial charge on any atom is -0.462 e. The summed E-state index contributed by atoms with van der Waals surface area (Å²) in [5.74, 6) is -1.03. The van der Waals surface area contributed by atoms with Gasteiger partial charge < -0.3 is 4.74 Å². The quantitative estimate of drug-likeness (QED) is 0.764. The summed E-state index contributed by atoms with van der Waals surface area (Å²) in [5, 5.41) is 0.426. The molecule has 106 valence electrons. The van der Waals surface area contributed by atoms with Crippen molar-refractivity contribution in [3.63, 3.8) is 0 Å². The molecule has 0 fully saturated rings. The second-order valence-corrected chi connectivity index (χ2v) is 4.86. The SMILES string of the molecule is CCOC(=O)c1cc2cc(Br)ccc2nc1C(F)(F)F. The van der Waals surface area contributed by atoms with E-state index in [1.807, 2.05) is 0 Å². The zero-order chi connectivity index (χ0) is 14.9. The number of hydrogen-bond donors (Lipinski definition) is 0. The van der Waals surface area contributed by atoms with Crippen LogP contribution in [0.25, 0.3) is 10.9 Å². The molecule has 3 nitrogen and oxygen atoms in total. The molecule has 0 unspecified atom stereocenters. The molecule has 0 radical (unpaired) electrons. The second kappa shape index (κ2) is 5.40. The van der Waals surface area contributed by atoms with Gasteiger partial charge in [-0.05, 0) is 31.2 Å². The number of ether oxygens (including phenoxy) is 1. The molecule has 2 rings (SSSR count). The Hall–Kier alpha value is -1.63. The molecule has 0 bridgehead atoms. The van der Waals surface area contributed by atoms with Gasteiger partial charge in [-0.2, -0.15) is 13.2 Å². The maximum Gasteiger partial charge on any atom is 0.434 e. The Morgan fingerprint density at radius 2 is 2.05 bits per heavy atom. The summed E-state index contributed by atoms with van der Waals surface area (Å²) in [6.07, 6.45) is -4.72. The molecule has 7 heteroatoms. The molecule has 0 saturated heterocycles. The number of halogens is 4. The highest BCUT2D eigenvalue weighted by Crippen LogP contribution is 2.33. The van der Waals surface area contributed by atoms with Crippen LogP contribution in [0.1, 0.15) is 23.0 Å². The van der Waals surface area contributed by atoms with Gasteiger partial charge in [0, 0.05) is 9.86 Å². The van der Waals surface area contributed by atoms with Crippen molar-refractivity contribution < 1.29 is 22.7 Å². The molecule has 0 aliphatic carbocycles. The van der Waals surface area contributed by atoms with E-state index in [4.69, 9.17) is 0 Å². The average molecular weight is 348 g/mol. The number of carbonyl (C=O) groups is 1. The van der Waals surface area contributed by atoms with Crippen molar-refractivity contribution in [1.29, 1.82) is 0 Å². The van der Waals surface area contributed by atoms with Crippen LogP contribution in [0.3, 0.4) is 0 Å². The molecule has 0 spiro atoms. The van der Waals surface area contributed by atoms with E-state index in [1.165, 1.54) is 13.0 Å². The summed E-state index contributed by atoms with van der Waals surface area (Å²) < 4.78 is 44.3. The van der Waals surface area contributed by atoms with Crippen LogP contribution >= 0.6 is 15.9 Å². The first-order valence-electron chi connectivity index (χ1n) is 5.67. The van der Waals surface area contributed by atoms with Crippen LogP contribution in [0, 0.1) is 0 Å². The highest BCUT2D eigenvalue weighted by Gasteiger charge is 2.38. The number of aromatic nitrogens is 1. The first-order chi connectivity index (χ1) is 9.32. The highest BCUT2D eigenvalue weighted by molar-refractivity contribution is 9.10. The lowest BCUT2D eigenvalue weighted by Gasteiger charge is -2.12. The lowest BCUT2D eigenvalue weighted by atomic mass is 10.1. The van der Waals surface area contributed by atoms with E-state index in [1.54, 1.807) is 12.1 Å². The molecule has 0 amide bonds. The molecule has 1 aromatic carbocycles. The van der Waals surface area contributed by atoms with Gasteiger partial charge in [-0.1, -0.05) is 15.9 Å². The maximum absolute atomic E-state index is 13.0. The first kappa shape index (κ1) is 14.8. The third-order valence-electron chi connectivity index (χ3n) is 2.54. The summed E-state index contributed by atoms with van der Waals surface area (Å²) in [6, 6.07) is 5.77. The Labute approximate surface area is 120 Å². The van der Waals surface area contributed by atoms with Gasteiger partial charge >= 0.3 is 12.1 Å². The summed E-state index contributed by atoms with van der Waals surface area (Å²) >= 11 is 3.22. The van der Waals surface area contributed by atoms with Crippen LogP contribution in [-0.2, 0) is 10.9 Å². The zero-order valence-corrected chi connectivity index (χ0v) is 11.9. The van der Waals surface area contributed by atoms with E-state index < -0.39 is 23.4 Å². The van der Waals surface area contributed by atoms with Crippen LogP contribution in [0.4, 0.5) is 13.2 Å². The summed E-state index contributed by atoms with van der Waals surface area (Å²) in [7, 11) is 0. The minimum atomic E-state index is -4.72. The maximum atomic E-state index is 13.0. The number of alkyl halides is 3. The fourth-order valence-corrected chi connectivity index (χ4v) is 2.11. The molecule has 0 aliphatic rings. The van der Waals surface area contributed by atoms with Crippen LogP contribution in [0.5, 0.6) is 0 Å². The lowest BCUT2D eigenvalue weighted by Crippen LogP contribution is -2.17. The van der Waals surface area contributed by atoms with Crippen LogP contribution in [0.2, 0.25) is 0 Å². The molecular formula is C13H9BrF3NO2. The summed E-state index contributed by atoms with van der Waals surface area (Å²) in [5.41, 5.74) is -1.65. The van der Waals surface area contributed by atoms with Crippen molar-refractivity contribution in [2.45, 2.75) is 13.1 Å². The molecule has 1 heterocycles. The molecule has 20 heavy (non-hydrogen) atoms. The molecule has 0 saturated carbocycles. The van der Waals surface area contributed by atoms with E-state index in [0.717, 1.165) is 6.07 Å². The summed E-state index contributed by atoms with van der Waals surface area (Å²) in [4.78, 5) is 15.2. The second-order valence-electron chi connectivity index (χ2n) is 3.94. The minimum absolute atomic E-state index is 0.00729. The van der Waals surface area contributed by atoms with Crippen molar-refractivity contribution in [2.24, 2.45) is 0 Å². The molecule has 0 atom stereocenters. The van der Waals surface area contributed by atoms with Gasteiger partial charge in [0.25, 0.3) is 0 Å². The Morgan fingerprint density at radius 1 is 1.35 bits per heavy atom. The predicted octanol–water partition coefficient (Wildman–Crippen LogP) is 4.19. The lowest BCUT2D eigenvalue weighted by molar-refractivity contribution is -0.141. The van der Waals surface area contributed by atoms with Crippen molar-refractivity contribution in [2.75, 3.05) is 6.61 Å². The van der Waals surface area contributed by atoms with Gasteiger partial charge in [-0.3, -0.25) is 0 Å². The predicted molar refractivity (Wildman–Crippen MR) is 70.4 cm³/mol. The van der Waals surface area contributed by atoms with E-state index >= 15 is 0 Å². The summed E-state index contributed by atoms with van der Waals surface area (Å²) in [6.45, 7) is 1.52. The van der Waals surface area contributed by atoms with Crippen LogP contribution in [0.15, 0.2) is 28.7 Å². The monoisotopic (exact) mass is 347 g/mol. The van der Waals surface area contributed by atoms with E-state index in [9.17, 15) is 18.0 Å². The fourth-order valence-electron chi connectivity index (χ4n) is 1.73. The van der Waals surface area contributed by atoms with Gasteiger partial charge in [-0.15, -0.1) is 0 Å². The number of esters is 1. The van der Waals surface area contributed by atoms with E-state index in [-0.39, 0.29) is 12.1 Å². The third-order valence-corrected chi connectivity index (χ3v) is 3.03. The number of carbonyl (C=O) groups excluding carboxylic acids is 1. The first-order valence-corrected chi connectivity index (χ1v) is 6.47. The number of benzene rings is 1. The fraction of sp³-hybridized carbons (Fsp3) is 0.231. The molecule has 0 N–H and O–H groups in total. The topological polar surface area (TPSA) is 39.2 Å². The molecule has 2 aromatic rings. The molecule has 1 aromatic heterocycles. The van der Waals surface area contributed by atoms with Gasteiger partial charge in [0.15, 0.2) is 5.69 Å². The molecule has 0 aliphatic heterocycles. The normalized spacial score (nSPS) is 11.7. The average Bonchev–Trinajstić information content (AvgIpc) is 2.36. The Morgan fingerprint density at radius 3 is 2.65 bits per heavy atom. The van der Waals surface area contributed by atoms with Crippen molar-refractivity contribution in [3.05, 3.63) is 40.0 Å².